The molecule has 1 aromatic carbocycles. The molecule has 1 unspecified atom stereocenters. The Labute approximate surface area is 176 Å². The van der Waals surface area contributed by atoms with Gasteiger partial charge in [-0.05, 0) is 12.5 Å². The summed E-state index contributed by atoms with van der Waals surface area (Å²) in [7, 11) is 0. The van der Waals surface area contributed by atoms with Crippen molar-refractivity contribution >= 4 is 18.0 Å². The first-order chi connectivity index (χ1) is 14.4. The number of carbonyl (C=O) groups excluding carboxylic acids is 2. The van der Waals surface area contributed by atoms with E-state index in [1.165, 1.54) is 12.5 Å². The molecule has 9 nitrogen and oxygen atoms in total. The molecule has 0 saturated heterocycles. The molecule has 0 radical (unpaired) electrons. The third-order valence-corrected chi connectivity index (χ3v) is 2.70. The second kappa shape index (κ2) is 22.9. The second-order valence-corrected chi connectivity index (χ2v) is 5.39. The van der Waals surface area contributed by atoms with Crippen molar-refractivity contribution in [2.45, 2.75) is 13.0 Å². The van der Waals surface area contributed by atoms with Gasteiger partial charge in [0, 0.05) is 12.2 Å². The van der Waals surface area contributed by atoms with Crippen LogP contribution in [-0.4, -0.2) is 84.7 Å². The summed E-state index contributed by atoms with van der Waals surface area (Å²) in [4.78, 5) is 19.8. The minimum absolute atomic E-state index is 0.0417. The highest BCUT2D eigenvalue weighted by Gasteiger charge is 2.10. The van der Waals surface area contributed by atoms with Crippen LogP contribution in [0.3, 0.4) is 0 Å². The topological polar surface area (TPSA) is 143 Å². The Balaban J connectivity index is 0. The molecule has 0 aromatic heterocycles. The Hall–Kier alpha value is -2.40. The third kappa shape index (κ3) is 23.6. The average Bonchev–Trinajstić information content (AvgIpc) is 3.15. The van der Waals surface area contributed by atoms with Gasteiger partial charge in [-0.25, -0.2) is 9.59 Å². The van der Waals surface area contributed by atoms with Gasteiger partial charge in [-0.15, -0.1) is 0 Å². The van der Waals surface area contributed by atoms with Gasteiger partial charge in [0.25, 0.3) is 0 Å². The fourth-order valence-electron chi connectivity index (χ4n) is 1.34. The maximum absolute atomic E-state index is 9.92. The van der Waals surface area contributed by atoms with Gasteiger partial charge in [-0.2, -0.15) is 0 Å². The molecule has 0 spiro atoms. The summed E-state index contributed by atoms with van der Waals surface area (Å²) in [6.45, 7) is 6.75. The molecule has 0 fully saturated rings. The molecule has 4 N–H and O–H groups in total. The van der Waals surface area contributed by atoms with E-state index in [0.717, 1.165) is 12.2 Å². The van der Waals surface area contributed by atoms with Crippen LogP contribution in [0.25, 0.3) is 6.08 Å². The van der Waals surface area contributed by atoms with Gasteiger partial charge in [0.05, 0.1) is 52.4 Å². The highest BCUT2D eigenvalue weighted by atomic mass is 16.6. The van der Waals surface area contributed by atoms with Crippen LogP contribution in [0.2, 0.25) is 0 Å². The number of aliphatic hydroxyl groups excluding tert-OH is 4. The molecule has 0 aliphatic carbocycles. The minimum atomic E-state index is -0.579. The lowest BCUT2D eigenvalue weighted by atomic mass is 10.2. The molecule has 2 rings (SSSR count). The zero-order chi connectivity index (χ0) is 23.0. The molecule has 1 aromatic rings. The molecule has 170 valence electrons. The van der Waals surface area contributed by atoms with Crippen LogP contribution in [0.5, 0.6) is 0 Å². The first-order valence-electron chi connectivity index (χ1n) is 9.18. The van der Waals surface area contributed by atoms with Gasteiger partial charge in [-0.3, -0.25) is 0 Å². The number of hydrogen-bond acceptors (Lipinski definition) is 9. The summed E-state index contributed by atoms with van der Waals surface area (Å²) < 4.78 is 13.7. The summed E-state index contributed by atoms with van der Waals surface area (Å²) in [6.07, 6.45) is 3.44. The highest BCUT2D eigenvalue weighted by molar-refractivity contribution is 6.04. The molecular weight excluding hydrogens is 396 g/mol. The van der Waals surface area contributed by atoms with E-state index in [0.29, 0.717) is 26.4 Å². The van der Waals surface area contributed by atoms with Gasteiger partial charge in [0.1, 0.15) is 0 Å². The summed E-state index contributed by atoms with van der Waals surface area (Å²) in [5.41, 5.74) is 1.17. The number of carbonyl (C=O) groups is 2. The standard InChI is InChI=1S/C8H8.C6H14O4.C4H2O3.C3H8O2/c1-2-8-6-4-3-5-7-8;7-1-3-9-5-6-10-4-2-8;5-3-1-2-4(6)7-3;1-3(5)2-4/h2-7H,1H2;7-8H,1-6H2;1-2H;3-5H,2H2,1H3. The fraction of sp³-hybridized carbons (Fsp3) is 0.429. The Morgan fingerprint density at radius 1 is 0.933 bits per heavy atom. The van der Waals surface area contributed by atoms with Gasteiger partial charge in [-0.1, -0.05) is 43.0 Å². The summed E-state index contributed by atoms with van der Waals surface area (Å²) >= 11 is 0. The van der Waals surface area contributed by atoms with E-state index in [9.17, 15) is 9.59 Å². The number of hydrogen-bond donors (Lipinski definition) is 4. The van der Waals surface area contributed by atoms with E-state index in [2.05, 4.69) is 11.3 Å². The first-order valence-corrected chi connectivity index (χ1v) is 9.18. The monoisotopic (exact) mass is 428 g/mol. The van der Waals surface area contributed by atoms with Crippen molar-refractivity contribution in [3.8, 4) is 0 Å². The number of ether oxygens (including phenoxy) is 3. The zero-order valence-corrected chi connectivity index (χ0v) is 17.2. The van der Waals surface area contributed by atoms with E-state index >= 15 is 0 Å². The lowest BCUT2D eigenvalue weighted by Gasteiger charge is -2.01. The molecule has 0 saturated carbocycles. The van der Waals surface area contributed by atoms with E-state index in [4.69, 9.17) is 29.9 Å². The van der Waals surface area contributed by atoms with Gasteiger partial charge >= 0.3 is 11.9 Å². The maximum Gasteiger partial charge on any atom is 0.338 e. The van der Waals surface area contributed by atoms with Crippen LogP contribution >= 0.6 is 0 Å². The third-order valence-electron chi connectivity index (χ3n) is 2.70. The Morgan fingerprint density at radius 3 is 1.60 bits per heavy atom. The molecule has 1 atom stereocenters. The van der Waals surface area contributed by atoms with Gasteiger partial charge in [0.2, 0.25) is 0 Å². The summed E-state index contributed by atoms with van der Waals surface area (Å²) in [5.74, 6) is -1.16. The lowest BCUT2D eigenvalue weighted by molar-refractivity contribution is -0.150. The quantitative estimate of drug-likeness (QED) is 0.248. The lowest BCUT2D eigenvalue weighted by Crippen LogP contribution is -2.09. The predicted molar refractivity (Wildman–Crippen MR) is 111 cm³/mol. The molecule has 30 heavy (non-hydrogen) atoms. The van der Waals surface area contributed by atoms with Crippen molar-refractivity contribution < 1.29 is 44.2 Å². The SMILES string of the molecule is C=Cc1ccccc1.CC(O)CO.O=C1C=CC(=O)O1.OCCOCCOCCO. The van der Waals surface area contributed by atoms with Gasteiger partial charge in [0.15, 0.2) is 0 Å². The molecule has 0 amide bonds. The van der Waals surface area contributed by atoms with Crippen molar-refractivity contribution in [1.29, 1.82) is 0 Å². The van der Waals surface area contributed by atoms with E-state index in [1.807, 2.05) is 36.4 Å². The number of rotatable bonds is 9. The van der Waals surface area contributed by atoms with E-state index < -0.39 is 18.0 Å². The van der Waals surface area contributed by atoms with Crippen molar-refractivity contribution in [2.75, 3.05) is 46.2 Å². The van der Waals surface area contributed by atoms with Crippen molar-refractivity contribution in [3.63, 3.8) is 0 Å². The smallest absolute Gasteiger partial charge is 0.338 e. The van der Waals surface area contributed by atoms with Crippen molar-refractivity contribution in [1.82, 2.24) is 0 Å². The van der Waals surface area contributed by atoms with E-state index in [-0.39, 0.29) is 19.8 Å². The first kappa shape index (κ1) is 29.8. The molecular formula is C21H32O9. The normalized spacial score (nSPS) is 12.3. The van der Waals surface area contributed by atoms with Gasteiger partial charge < -0.3 is 34.6 Å². The largest absolute Gasteiger partial charge is 0.394 e. The fourth-order valence-corrected chi connectivity index (χ4v) is 1.34. The number of cyclic esters (lactones) is 2. The van der Waals surface area contributed by atoms with Crippen molar-refractivity contribution in [3.05, 3.63) is 54.6 Å². The second-order valence-electron chi connectivity index (χ2n) is 5.39. The Kier molecular flexibility index (Phi) is 22.7. The molecule has 1 heterocycles. The predicted octanol–water partition coefficient (Wildman–Crippen LogP) is 0.319. The summed E-state index contributed by atoms with van der Waals surface area (Å²) in [6, 6.07) is 10.0. The van der Waals surface area contributed by atoms with Crippen LogP contribution in [0.1, 0.15) is 12.5 Å². The number of aliphatic hydroxyl groups is 4. The average molecular weight is 428 g/mol. The summed E-state index contributed by atoms with van der Waals surface area (Å²) in [5, 5.41) is 32.5. The van der Waals surface area contributed by atoms with Crippen LogP contribution in [0, 0.1) is 0 Å². The highest BCUT2D eigenvalue weighted by Crippen LogP contribution is 1.97. The molecule has 0 bridgehead atoms. The number of esters is 2. The Morgan fingerprint density at radius 2 is 1.37 bits per heavy atom. The van der Waals surface area contributed by atoms with Crippen LogP contribution in [0.4, 0.5) is 0 Å². The molecule has 1 aliphatic heterocycles. The van der Waals surface area contributed by atoms with E-state index in [1.54, 1.807) is 0 Å². The minimum Gasteiger partial charge on any atom is -0.394 e. The maximum atomic E-state index is 9.92. The van der Waals surface area contributed by atoms with Crippen LogP contribution in [0.15, 0.2) is 49.1 Å². The molecule has 9 heteroatoms. The van der Waals surface area contributed by atoms with Crippen LogP contribution in [-0.2, 0) is 23.8 Å². The zero-order valence-electron chi connectivity index (χ0n) is 17.2. The van der Waals surface area contributed by atoms with Crippen molar-refractivity contribution in [2.24, 2.45) is 0 Å². The molecule has 1 aliphatic rings. The Bertz CT molecular complexity index is 547. The number of benzene rings is 1. The van der Waals surface area contributed by atoms with Crippen LogP contribution < -0.4 is 0 Å².